The van der Waals surface area contributed by atoms with Crippen molar-refractivity contribution in [2.24, 2.45) is 0 Å². The lowest BCUT2D eigenvalue weighted by atomic mass is 9.96. The van der Waals surface area contributed by atoms with E-state index in [4.69, 9.17) is 33.7 Å². The van der Waals surface area contributed by atoms with Crippen molar-refractivity contribution in [1.82, 2.24) is 44.9 Å². The number of amides is 2. The molecule has 3 fully saturated rings. The molecule has 16 nitrogen and oxygen atoms in total. The lowest BCUT2D eigenvalue weighted by Gasteiger charge is -2.40. The summed E-state index contributed by atoms with van der Waals surface area (Å²) < 4.78 is 65.0. The molecule has 5 atom stereocenters. The number of nitrogen functional groups attached to an aromatic ring is 1. The number of alkyl halides is 3. The van der Waals surface area contributed by atoms with Crippen LogP contribution in [-0.4, -0.2) is 147 Å². The Labute approximate surface area is 444 Å². The van der Waals surface area contributed by atoms with Gasteiger partial charge in [-0.1, -0.05) is 62.7 Å². The standard InChI is InChI=1S/C29H32ClF4N7O2.C24H32ClN5O2/c1-5-21(42)40-9-10-41(16(3)13-40)27-18-12-19(30)22(26-23(29(32,33)34)15(2)11-20(35)36-26)24(31)25(18)37-28(38-27)43-14-17-7-6-8-39(17)4;1-15(2)26-13-19(17-4-6-18(25)7-5-17)24(32)30-10-8-29(9-11-30)23-21-16(3)12-20(31)22(21)27-14-28-23/h5,11-12,16-17H,1,6-10,13-14H2,2-4H3,(H2,35,36);4-7,14-16,19-20,26,31H,8-13H2,1-3H3. The molecule has 4 aliphatic rings. The number of nitrogens with one attached hydrogen (secondary N) is 1. The van der Waals surface area contributed by atoms with Gasteiger partial charge in [0.15, 0.2) is 5.82 Å². The average Bonchev–Trinajstić information content (AvgIpc) is 3.93. The number of aliphatic hydroxyl groups excluding tert-OH is 1. The van der Waals surface area contributed by atoms with Gasteiger partial charge in [-0.15, -0.1) is 0 Å². The van der Waals surface area contributed by atoms with Crippen LogP contribution >= 0.6 is 23.2 Å². The number of nitrogens with two attached hydrogens (primary N) is 1. The van der Waals surface area contributed by atoms with Crippen molar-refractivity contribution < 1.29 is 37.0 Å². The molecule has 3 saturated heterocycles. The number of rotatable bonds is 12. The molecule has 75 heavy (non-hydrogen) atoms. The molecule has 0 spiro atoms. The van der Waals surface area contributed by atoms with Crippen LogP contribution < -0.4 is 25.6 Å². The van der Waals surface area contributed by atoms with Crippen LogP contribution in [-0.2, 0) is 15.8 Å². The Morgan fingerprint density at radius 3 is 2.33 bits per heavy atom. The summed E-state index contributed by atoms with van der Waals surface area (Å²) >= 11 is 12.6. The number of pyridine rings is 1. The van der Waals surface area contributed by atoms with Crippen LogP contribution in [0.5, 0.6) is 6.01 Å². The van der Waals surface area contributed by atoms with Gasteiger partial charge in [0.1, 0.15) is 35.9 Å². The Hall–Kier alpha value is -5.93. The minimum Gasteiger partial charge on any atom is -0.462 e. The van der Waals surface area contributed by atoms with E-state index in [1.807, 2.05) is 48.0 Å². The molecule has 0 radical (unpaired) electrons. The summed E-state index contributed by atoms with van der Waals surface area (Å²) in [6.45, 7) is 18.4. The number of benzene rings is 2. The van der Waals surface area contributed by atoms with E-state index in [2.05, 4.69) is 67.4 Å². The maximum Gasteiger partial charge on any atom is 0.418 e. The van der Waals surface area contributed by atoms with Crippen LogP contribution in [0, 0.1) is 12.7 Å². The molecule has 0 saturated carbocycles. The molecule has 0 bridgehead atoms. The van der Waals surface area contributed by atoms with E-state index in [9.17, 15) is 27.9 Å². The molecule has 22 heteroatoms. The Balaban J connectivity index is 0.000000208. The summed E-state index contributed by atoms with van der Waals surface area (Å²) in [7, 11) is 1.98. The first-order chi connectivity index (χ1) is 35.6. The highest BCUT2D eigenvalue weighted by molar-refractivity contribution is 6.34. The number of halogens is 6. The first-order valence-electron chi connectivity index (χ1n) is 25.3. The Morgan fingerprint density at radius 1 is 0.987 bits per heavy atom. The third-order valence-corrected chi connectivity index (χ3v) is 15.1. The molecule has 5 unspecified atom stereocenters. The monoisotopic (exact) mass is 1080 g/mol. The van der Waals surface area contributed by atoms with Crippen LogP contribution in [0.1, 0.15) is 92.8 Å². The van der Waals surface area contributed by atoms with Crippen molar-refractivity contribution in [2.45, 2.75) is 96.1 Å². The summed E-state index contributed by atoms with van der Waals surface area (Å²) in [5.41, 5.74) is 5.65. The average molecular weight is 1080 g/mol. The lowest BCUT2D eigenvalue weighted by Crippen LogP contribution is -2.53. The van der Waals surface area contributed by atoms with E-state index in [1.165, 1.54) is 19.1 Å². The zero-order valence-electron chi connectivity index (χ0n) is 43.0. The second kappa shape index (κ2) is 23.1. The molecule has 3 aliphatic heterocycles. The number of hydrogen-bond acceptors (Lipinski definition) is 14. The summed E-state index contributed by atoms with van der Waals surface area (Å²) in [5.74, 6) is -0.230. The lowest BCUT2D eigenvalue weighted by molar-refractivity contribution is -0.137. The highest BCUT2D eigenvalue weighted by Gasteiger charge is 2.40. The number of ether oxygens (including phenoxy) is 1. The zero-order chi connectivity index (χ0) is 54.0. The van der Waals surface area contributed by atoms with Crippen LogP contribution in [0.2, 0.25) is 10.0 Å². The molecule has 2 amide bonds. The number of likely N-dealkylation sites (N-methyl/N-ethyl adjacent to an activating group) is 1. The highest BCUT2D eigenvalue weighted by atomic mass is 35.5. The molecule has 9 rings (SSSR count). The molecular formula is C53H64Cl2F4N12O4. The molecule has 3 aromatic heterocycles. The van der Waals surface area contributed by atoms with E-state index < -0.39 is 34.9 Å². The van der Waals surface area contributed by atoms with Crippen LogP contribution in [0.4, 0.5) is 35.0 Å². The summed E-state index contributed by atoms with van der Waals surface area (Å²) in [6, 6.07) is 10.0. The number of anilines is 3. The number of aromatic nitrogens is 5. The van der Waals surface area contributed by atoms with Gasteiger partial charge in [0, 0.05) is 86.5 Å². The summed E-state index contributed by atoms with van der Waals surface area (Å²) in [5, 5.41) is 14.2. The smallest absolute Gasteiger partial charge is 0.418 e. The second-order valence-corrected chi connectivity index (χ2v) is 20.9. The maximum absolute atomic E-state index is 16.5. The zero-order valence-corrected chi connectivity index (χ0v) is 44.5. The number of carbonyl (C=O) groups excluding carboxylic acids is 2. The number of aliphatic hydroxyl groups is 1. The van der Waals surface area contributed by atoms with Gasteiger partial charge in [-0.2, -0.15) is 23.1 Å². The molecular weight excluding hydrogens is 1020 g/mol. The topological polar surface area (TPSA) is 182 Å². The van der Waals surface area contributed by atoms with Crippen molar-refractivity contribution in [1.29, 1.82) is 0 Å². The fraction of sp³-hybridized carbons (Fsp3) is 0.491. The van der Waals surface area contributed by atoms with E-state index in [0.717, 1.165) is 48.1 Å². The van der Waals surface area contributed by atoms with Gasteiger partial charge < -0.3 is 45.4 Å². The number of hydrogen-bond donors (Lipinski definition) is 3. The van der Waals surface area contributed by atoms with E-state index >= 15 is 4.39 Å². The molecule has 2 aromatic carbocycles. The van der Waals surface area contributed by atoms with E-state index in [-0.39, 0.29) is 81.5 Å². The third kappa shape index (κ3) is 12.0. The predicted molar refractivity (Wildman–Crippen MR) is 283 cm³/mol. The quantitative estimate of drug-likeness (QED) is 0.0803. The Morgan fingerprint density at radius 2 is 1.69 bits per heavy atom. The minimum atomic E-state index is -4.86. The van der Waals surface area contributed by atoms with Gasteiger partial charge in [-0.05, 0) is 94.1 Å². The van der Waals surface area contributed by atoms with Crippen molar-refractivity contribution >= 4 is 63.4 Å². The fourth-order valence-electron chi connectivity index (χ4n) is 10.6. The highest BCUT2D eigenvalue weighted by Crippen LogP contribution is 2.46. The number of nitrogens with zero attached hydrogens (tertiary/aromatic N) is 10. The van der Waals surface area contributed by atoms with Crippen LogP contribution in [0.15, 0.2) is 55.4 Å². The first-order valence-corrected chi connectivity index (χ1v) is 26.0. The van der Waals surface area contributed by atoms with Crippen LogP contribution in [0.3, 0.4) is 0 Å². The van der Waals surface area contributed by atoms with Crippen molar-refractivity contribution in [3.63, 3.8) is 0 Å². The SMILES string of the molecule is C=CC(=O)N1CCN(c2nc(OCC3CCCN3C)nc3c(F)c(-c4nc(N)cc(C)c4C(F)(F)F)c(Cl)cc23)C(C)C1.CC(C)NCC(C(=O)N1CCN(c2ncnc3c2C(C)CC3O)CC1)c1ccc(Cl)cc1. The second-order valence-electron chi connectivity index (χ2n) is 20.1. The molecule has 5 aromatic rings. The first kappa shape index (κ1) is 55.3. The van der Waals surface area contributed by atoms with Gasteiger partial charge in [-0.3, -0.25) is 9.59 Å². The molecule has 402 valence electrons. The molecule has 6 heterocycles. The van der Waals surface area contributed by atoms with Crippen molar-refractivity contribution in [2.75, 3.05) is 88.1 Å². The number of likely N-dealkylation sites (tertiary alicyclic amines) is 1. The van der Waals surface area contributed by atoms with Crippen molar-refractivity contribution in [3.05, 3.63) is 99.2 Å². The number of carbonyl (C=O) groups is 2. The largest absolute Gasteiger partial charge is 0.462 e. The Kier molecular flexibility index (Phi) is 17.1. The summed E-state index contributed by atoms with van der Waals surface area (Å²) in [4.78, 5) is 57.3. The van der Waals surface area contributed by atoms with E-state index in [1.54, 1.807) is 11.2 Å². The Bertz CT molecular complexity index is 2910. The fourth-order valence-corrected chi connectivity index (χ4v) is 11.0. The number of fused-ring (bicyclic) bond motifs is 2. The summed E-state index contributed by atoms with van der Waals surface area (Å²) in [6.07, 6.45) is 0.00443. The van der Waals surface area contributed by atoms with Gasteiger partial charge in [0.05, 0.1) is 39.6 Å². The molecule has 1 aliphatic carbocycles. The minimum absolute atomic E-state index is 0.106. The van der Waals surface area contributed by atoms with Crippen LogP contribution in [0.25, 0.3) is 22.2 Å². The predicted octanol–water partition coefficient (Wildman–Crippen LogP) is 8.19. The van der Waals surface area contributed by atoms with Gasteiger partial charge >= 0.3 is 12.2 Å². The van der Waals surface area contributed by atoms with Gasteiger partial charge in [0.2, 0.25) is 11.8 Å². The van der Waals surface area contributed by atoms with Crippen molar-refractivity contribution in [3.8, 4) is 17.3 Å². The van der Waals surface area contributed by atoms with E-state index in [0.29, 0.717) is 69.8 Å². The van der Waals surface area contributed by atoms with Gasteiger partial charge in [-0.25, -0.2) is 19.3 Å². The number of aryl methyl sites for hydroxylation is 1. The van der Waals surface area contributed by atoms with Gasteiger partial charge in [0.25, 0.3) is 0 Å². The number of piperazine rings is 2. The normalized spacial score (nSPS) is 20.6. The molecule has 4 N–H and O–H groups in total. The third-order valence-electron chi connectivity index (χ3n) is 14.5. The maximum atomic E-state index is 16.5.